The van der Waals surface area contributed by atoms with Crippen molar-refractivity contribution in [3.63, 3.8) is 0 Å². The van der Waals surface area contributed by atoms with Crippen LogP contribution in [0.4, 0.5) is 15.0 Å². The number of halogens is 1. The van der Waals surface area contributed by atoms with Crippen LogP contribution in [0.3, 0.4) is 0 Å². The van der Waals surface area contributed by atoms with E-state index in [1.54, 1.807) is 27.0 Å². The Labute approximate surface area is 214 Å². The first-order chi connectivity index (χ1) is 17.7. The van der Waals surface area contributed by atoms with Gasteiger partial charge in [0.2, 0.25) is 5.88 Å². The number of amides is 2. The monoisotopic (exact) mass is 513 g/mol. The lowest BCUT2D eigenvalue weighted by molar-refractivity contribution is 0.0527. The Hall–Kier alpha value is -3.96. The van der Waals surface area contributed by atoms with Crippen LogP contribution in [0.5, 0.6) is 5.88 Å². The van der Waals surface area contributed by atoms with E-state index in [1.807, 2.05) is 6.07 Å². The molecule has 1 atom stereocenters. The third-order valence-electron chi connectivity index (χ3n) is 5.85. The molecule has 0 saturated carbocycles. The molecule has 4 heterocycles. The summed E-state index contributed by atoms with van der Waals surface area (Å²) in [5, 5.41) is 9.75. The van der Waals surface area contributed by atoms with Gasteiger partial charge in [0.1, 0.15) is 22.8 Å². The highest BCUT2D eigenvalue weighted by molar-refractivity contribution is 5.99. The molecular formula is C25H32FN7O4. The molecule has 2 amide bonds. The second-order valence-electron chi connectivity index (χ2n) is 9.75. The van der Waals surface area contributed by atoms with Crippen molar-refractivity contribution < 1.29 is 23.5 Å². The molecule has 1 aliphatic heterocycles. The topological polar surface area (TPSA) is 123 Å². The third-order valence-corrected chi connectivity index (χ3v) is 5.85. The lowest BCUT2D eigenvalue weighted by Crippen LogP contribution is -2.34. The summed E-state index contributed by atoms with van der Waals surface area (Å²) in [5.74, 6) is 0.287. The number of alkyl carbamates (subject to hydrolysis) is 1. The summed E-state index contributed by atoms with van der Waals surface area (Å²) < 4.78 is 26.1. The van der Waals surface area contributed by atoms with E-state index in [4.69, 9.17) is 14.5 Å². The molecule has 198 valence electrons. The summed E-state index contributed by atoms with van der Waals surface area (Å²) in [4.78, 5) is 35.4. The minimum Gasteiger partial charge on any atom is -0.481 e. The molecule has 3 aromatic heterocycles. The second kappa shape index (κ2) is 11.0. The van der Waals surface area contributed by atoms with E-state index in [9.17, 15) is 14.0 Å². The zero-order valence-electron chi connectivity index (χ0n) is 21.5. The fraction of sp³-hybridized carbons (Fsp3) is 0.480. The first-order valence-corrected chi connectivity index (χ1v) is 12.2. The van der Waals surface area contributed by atoms with E-state index in [0.717, 1.165) is 19.0 Å². The number of ether oxygens (including phenoxy) is 2. The first-order valence-electron chi connectivity index (χ1n) is 12.2. The van der Waals surface area contributed by atoms with Gasteiger partial charge in [-0.3, -0.25) is 4.79 Å². The summed E-state index contributed by atoms with van der Waals surface area (Å²) in [6.45, 7) is 6.81. The van der Waals surface area contributed by atoms with Gasteiger partial charge in [0.05, 0.1) is 25.5 Å². The number of methoxy groups -OCH3 is 1. The zero-order valence-corrected chi connectivity index (χ0v) is 21.5. The summed E-state index contributed by atoms with van der Waals surface area (Å²) in [5.41, 5.74) is 0.843. The van der Waals surface area contributed by atoms with Crippen molar-refractivity contribution in [1.82, 2.24) is 30.2 Å². The molecule has 3 aromatic rings. The predicted molar refractivity (Wildman–Crippen MR) is 134 cm³/mol. The third kappa shape index (κ3) is 6.25. The van der Waals surface area contributed by atoms with Gasteiger partial charge in [-0.05, 0) is 52.2 Å². The Morgan fingerprint density at radius 1 is 1.22 bits per heavy atom. The van der Waals surface area contributed by atoms with Crippen LogP contribution in [-0.4, -0.2) is 63.9 Å². The lowest BCUT2D eigenvalue weighted by atomic mass is 10.1. The van der Waals surface area contributed by atoms with Gasteiger partial charge < -0.3 is 25.0 Å². The number of carbonyl (C=O) groups is 2. The van der Waals surface area contributed by atoms with E-state index >= 15 is 0 Å². The molecule has 0 aromatic carbocycles. The average molecular weight is 514 g/mol. The van der Waals surface area contributed by atoms with Crippen LogP contribution >= 0.6 is 0 Å². The standard InChI is InChI=1S/C25H32FN7O4/c1-25(2,3)37-24(35)28-10-6-9-27-22(34)18-15-30-33-12-8-20(31-21(18)33)32-11-5-7-19(32)17-13-16(26)14-29-23(17)36-4/h8,12-15,19H,5-7,9-11H2,1-4H3,(H,27,34)(H,28,35)/t19-/m1/s1. The Morgan fingerprint density at radius 3 is 2.76 bits per heavy atom. The number of pyridine rings is 1. The first kappa shape index (κ1) is 26.1. The maximum atomic E-state index is 14.0. The number of anilines is 1. The van der Waals surface area contributed by atoms with Crippen LogP contribution in [0.2, 0.25) is 0 Å². The Morgan fingerprint density at radius 2 is 2.00 bits per heavy atom. The Bertz CT molecular complexity index is 1270. The van der Waals surface area contributed by atoms with Gasteiger partial charge >= 0.3 is 6.09 Å². The number of hydrogen-bond donors (Lipinski definition) is 2. The fourth-order valence-corrected chi connectivity index (χ4v) is 4.29. The normalized spacial score (nSPS) is 15.6. The van der Waals surface area contributed by atoms with Crippen LogP contribution in [0, 0.1) is 5.82 Å². The van der Waals surface area contributed by atoms with Gasteiger partial charge in [0.15, 0.2) is 5.65 Å². The molecule has 12 heteroatoms. The zero-order chi connectivity index (χ0) is 26.6. The van der Waals surface area contributed by atoms with E-state index in [1.165, 1.54) is 23.9 Å². The molecule has 1 aliphatic rings. The molecule has 0 unspecified atom stereocenters. The van der Waals surface area contributed by atoms with E-state index in [2.05, 4.69) is 25.6 Å². The molecular weight excluding hydrogens is 481 g/mol. The molecule has 0 spiro atoms. The largest absolute Gasteiger partial charge is 0.481 e. The SMILES string of the molecule is COc1ncc(F)cc1[C@H]1CCCN1c1ccn2ncc(C(=O)NCCCNC(=O)OC(C)(C)C)c2n1. The number of fused-ring (bicyclic) bond motifs is 1. The number of nitrogens with zero attached hydrogens (tertiary/aromatic N) is 5. The van der Waals surface area contributed by atoms with Gasteiger partial charge in [-0.15, -0.1) is 0 Å². The molecule has 4 rings (SSSR count). The molecule has 0 bridgehead atoms. The minimum atomic E-state index is -0.566. The number of rotatable bonds is 8. The van der Waals surface area contributed by atoms with Crippen molar-refractivity contribution >= 4 is 23.5 Å². The maximum Gasteiger partial charge on any atom is 0.407 e. The number of nitrogens with one attached hydrogen (secondary N) is 2. The van der Waals surface area contributed by atoms with Crippen LogP contribution in [0.15, 0.2) is 30.7 Å². The molecule has 37 heavy (non-hydrogen) atoms. The van der Waals surface area contributed by atoms with Crippen molar-refractivity contribution in [3.8, 4) is 5.88 Å². The van der Waals surface area contributed by atoms with Gasteiger partial charge in [-0.25, -0.2) is 23.7 Å². The molecule has 0 aliphatic carbocycles. The summed E-state index contributed by atoms with van der Waals surface area (Å²) >= 11 is 0. The number of hydrogen-bond acceptors (Lipinski definition) is 8. The Balaban J connectivity index is 1.43. The van der Waals surface area contributed by atoms with Crippen molar-refractivity contribution in [2.45, 2.75) is 51.7 Å². The van der Waals surface area contributed by atoms with Gasteiger partial charge in [0.25, 0.3) is 5.91 Å². The van der Waals surface area contributed by atoms with E-state index < -0.39 is 17.5 Å². The summed E-state index contributed by atoms with van der Waals surface area (Å²) in [6, 6.07) is 3.11. The lowest BCUT2D eigenvalue weighted by Gasteiger charge is -2.26. The second-order valence-corrected chi connectivity index (χ2v) is 9.75. The molecule has 1 saturated heterocycles. The molecule has 2 N–H and O–H groups in total. The number of carbonyl (C=O) groups excluding carboxylic acids is 2. The highest BCUT2D eigenvalue weighted by Gasteiger charge is 2.31. The molecule has 11 nitrogen and oxygen atoms in total. The Kier molecular flexibility index (Phi) is 7.74. The maximum absolute atomic E-state index is 14.0. The highest BCUT2D eigenvalue weighted by atomic mass is 19.1. The summed E-state index contributed by atoms with van der Waals surface area (Å²) in [7, 11) is 1.51. The molecule has 1 fully saturated rings. The van der Waals surface area contributed by atoms with Crippen molar-refractivity contribution in [1.29, 1.82) is 0 Å². The van der Waals surface area contributed by atoms with Gasteiger partial charge in [-0.1, -0.05) is 0 Å². The van der Waals surface area contributed by atoms with Crippen LogP contribution in [-0.2, 0) is 4.74 Å². The minimum absolute atomic E-state index is 0.161. The van der Waals surface area contributed by atoms with Crippen LogP contribution < -0.4 is 20.3 Å². The highest BCUT2D eigenvalue weighted by Crippen LogP contribution is 2.38. The average Bonchev–Trinajstić information content (AvgIpc) is 3.49. The number of aromatic nitrogens is 4. The van der Waals surface area contributed by atoms with Crippen molar-refractivity contribution in [2.75, 3.05) is 31.6 Å². The van der Waals surface area contributed by atoms with Crippen LogP contribution in [0.25, 0.3) is 5.65 Å². The smallest absolute Gasteiger partial charge is 0.407 e. The van der Waals surface area contributed by atoms with Crippen LogP contribution in [0.1, 0.15) is 62.0 Å². The van der Waals surface area contributed by atoms with Gasteiger partial charge in [0, 0.05) is 31.4 Å². The fourth-order valence-electron chi connectivity index (χ4n) is 4.29. The van der Waals surface area contributed by atoms with E-state index in [-0.39, 0.29) is 11.9 Å². The molecule has 0 radical (unpaired) electrons. The van der Waals surface area contributed by atoms with Crippen molar-refractivity contribution in [3.05, 3.63) is 47.7 Å². The predicted octanol–water partition coefficient (Wildman–Crippen LogP) is 3.26. The quantitative estimate of drug-likeness (QED) is 0.440. The van der Waals surface area contributed by atoms with E-state index in [0.29, 0.717) is 54.5 Å². The van der Waals surface area contributed by atoms with Gasteiger partial charge in [-0.2, -0.15) is 5.10 Å². The summed E-state index contributed by atoms with van der Waals surface area (Å²) in [6.07, 6.45) is 6.07. The van der Waals surface area contributed by atoms with Crippen molar-refractivity contribution in [2.24, 2.45) is 0 Å².